The van der Waals surface area contributed by atoms with Crippen molar-refractivity contribution < 1.29 is 9.18 Å². The normalized spacial score (nSPS) is 24.7. The molecule has 0 radical (unpaired) electrons. The Labute approximate surface area is 153 Å². The number of benzene rings is 1. The van der Waals surface area contributed by atoms with Crippen LogP contribution >= 0.6 is 0 Å². The molecule has 2 fully saturated rings. The summed E-state index contributed by atoms with van der Waals surface area (Å²) in [6.45, 7) is 3.77. The van der Waals surface area contributed by atoms with Gasteiger partial charge in [0.25, 0.3) is 0 Å². The molecule has 4 rings (SSSR count). The van der Waals surface area contributed by atoms with Gasteiger partial charge in [0.15, 0.2) is 5.82 Å². The van der Waals surface area contributed by atoms with Gasteiger partial charge >= 0.3 is 0 Å². The fourth-order valence-electron chi connectivity index (χ4n) is 4.45. The number of amides is 1. The third-order valence-corrected chi connectivity index (χ3v) is 5.51. The van der Waals surface area contributed by atoms with E-state index in [2.05, 4.69) is 15.7 Å². The van der Waals surface area contributed by atoms with Gasteiger partial charge in [0.05, 0.1) is 5.69 Å². The summed E-state index contributed by atoms with van der Waals surface area (Å²) in [6.07, 6.45) is 5.09. The lowest BCUT2D eigenvalue weighted by Gasteiger charge is -2.28. The molecule has 138 valence electrons. The molecule has 26 heavy (non-hydrogen) atoms. The Morgan fingerprint density at radius 1 is 1.27 bits per heavy atom. The molecule has 6 heteroatoms. The third-order valence-electron chi connectivity index (χ3n) is 5.51. The minimum Gasteiger partial charge on any atom is -0.326 e. The highest BCUT2D eigenvalue weighted by atomic mass is 19.1. The predicted molar refractivity (Wildman–Crippen MR) is 98.9 cm³/mol. The van der Waals surface area contributed by atoms with Gasteiger partial charge < -0.3 is 10.6 Å². The van der Waals surface area contributed by atoms with Gasteiger partial charge in [-0.15, -0.1) is 0 Å². The monoisotopic (exact) mass is 356 g/mol. The molecule has 3 heterocycles. The quantitative estimate of drug-likeness (QED) is 0.882. The number of hydrogen-bond acceptors (Lipinski definition) is 3. The lowest BCUT2D eigenvalue weighted by molar-refractivity contribution is -0.117. The highest BCUT2D eigenvalue weighted by Gasteiger charge is 2.34. The maximum absolute atomic E-state index is 14.5. The van der Waals surface area contributed by atoms with E-state index >= 15 is 0 Å². The molecule has 2 aliphatic heterocycles. The maximum Gasteiger partial charge on any atom is 0.224 e. The molecular weight excluding hydrogens is 331 g/mol. The van der Waals surface area contributed by atoms with Crippen molar-refractivity contribution in [3.63, 3.8) is 0 Å². The van der Waals surface area contributed by atoms with Crippen LogP contribution in [-0.4, -0.2) is 27.8 Å². The van der Waals surface area contributed by atoms with Gasteiger partial charge in [0.1, 0.15) is 5.69 Å². The number of halogens is 1. The van der Waals surface area contributed by atoms with Crippen LogP contribution in [0.25, 0.3) is 5.69 Å². The Morgan fingerprint density at radius 3 is 2.62 bits per heavy atom. The Morgan fingerprint density at radius 2 is 2.00 bits per heavy atom. The fraction of sp³-hybridized carbons (Fsp3) is 0.500. The van der Waals surface area contributed by atoms with Gasteiger partial charge in [-0.2, -0.15) is 5.10 Å². The van der Waals surface area contributed by atoms with Crippen molar-refractivity contribution in [1.82, 2.24) is 15.1 Å². The number of hydrogen-bond donors (Lipinski definition) is 2. The first-order valence-corrected chi connectivity index (χ1v) is 9.37. The van der Waals surface area contributed by atoms with Crippen LogP contribution in [0.5, 0.6) is 0 Å². The van der Waals surface area contributed by atoms with Gasteiger partial charge in [-0.3, -0.25) is 4.79 Å². The lowest BCUT2D eigenvalue weighted by Crippen LogP contribution is -2.39. The molecule has 2 aliphatic rings. The van der Waals surface area contributed by atoms with E-state index in [0.717, 1.165) is 24.2 Å². The van der Waals surface area contributed by atoms with E-state index in [1.54, 1.807) is 16.8 Å². The number of piperidine rings is 1. The van der Waals surface area contributed by atoms with E-state index in [1.807, 2.05) is 19.9 Å². The molecule has 0 spiro atoms. The number of rotatable bonds is 4. The summed E-state index contributed by atoms with van der Waals surface area (Å²) in [5.41, 5.74) is 2.60. The molecule has 0 aliphatic carbocycles. The summed E-state index contributed by atoms with van der Waals surface area (Å²) >= 11 is 0. The van der Waals surface area contributed by atoms with Crippen molar-refractivity contribution >= 4 is 11.6 Å². The molecule has 1 amide bonds. The number of anilines is 1. The van der Waals surface area contributed by atoms with Crippen molar-refractivity contribution in [1.29, 1.82) is 0 Å². The highest BCUT2D eigenvalue weighted by molar-refractivity contribution is 5.91. The van der Waals surface area contributed by atoms with Crippen molar-refractivity contribution in [2.75, 3.05) is 5.32 Å². The molecule has 2 unspecified atom stereocenters. The molecule has 2 aromatic rings. The third kappa shape index (κ3) is 3.51. The standard InChI is InChI=1S/C20H25FN4O/c1-12-7-13(2)25(24-12)19-6-5-17(11-18(19)21)23-20(26)10-14-8-15-3-4-16(9-14)22-15/h5-7,11,14-16,22H,3-4,8-10H2,1-2H3,(H,23,26). The number of carbonyl (C=O) groups is 1. The fourth-order valence-corrected chi connectivity index (χ4v) is 4.45. The average molecular weight is 356 g/mol. The second-order valence-corrected chi connectivity index (χ2v) is 7.73. The van der Waals surface area contributed by atoms with Gasteiger partial charge in [0.2, 0.25) is 5.91 Å². The van der Waals surface area contributed by atoms with Gasteiger partial charge in [-0.05, 0) is 69.7 Å². The largest absolute Gasteiger partial charge is 0.326 e. The first-order valence-electron chi connectivity index (χ1n) is 9.37. The molecule has 2 atom stereocenters. The summed E-state index contributed by atoms with van der Waals surface area (Å²) in [5, 5.41) is 10.8. The topological polar surface area (TPSA) is 59.0 Å². The van der Waals surface area contributed by atoms with E-state index in [1.165, 1.54) is 18.9 Å². The summed E-state index contributed by atoms with van der Waals surface area (Å²) in [7, 11) is 0. The van der Waals surface area contributed by atoms with Crippen molar-refractivity contribution in [2.45, 2.75) is 58.0 Å². The van der Waals surface area contributed by atoms with Crippen LogP contribution in [0.4, 0.5) is 10.1 Å². The maximum atomic E-state index is 14.5. The zero-order valence-corrected chi connectivity index (χ0v) is 15.3. The Balaban J connectivity index is 1.41. The minimum atomic E-state index is -0.395. The van der Waals surface area contributed by atoms with Gasteiger partial charge in [-0.1, -0.05) is 0 Å². The summed E-state index contributed by atoms with van der Waals surface area (Å²) in [6, 6.07) is 7.82. The van der Waals surface area contributed by atoms with Crippen molar-refractivity contribution in [3.8, 4) is 5.69 Å². The van der Waals surface area contributed by atoms with E-state index in [-0.39, 0.29) is 5.91 Å². The zero-order chi connectivity index (χ0) is 18.3. The first-order chi connectivity index (χ1) is 12.5. The number of nitrogens with one attached hydrogen (secondary N) is 2. The molecule has 5 nitrogen and oxygen atoms in total. The Hall–Kier alpha value is -2.21. The first kappa shape index (κ1) is 17.2. The van der Waals surface area contributed by atoms with Crippen LogP contribution < -0.4 is 10.6 Å². The van der Waals surface area contributed by atoms with E-state index in [4.69, 9.17) is 0 Å². The summed E-state index contributed by atoms with van der Waals surface area (Å²) in [4.78, 5) is 12.4. The summed E-state index contributed by atoms with van der Waals surface area (Å²) in [5.74, 6) is -0.00366. The number of aryl methyl sites for hydroxylation is 2. The van der Waals surface area contributed by atoms with Crippen LogP contribution in [0.1, 0.15) is 43.5 Å². The van der Waals surface area contributed by atoms with Crippen LogP contribution in [0, 0.1) is 25.6 Å². The smallest absolute Gasteiger partial charge is 0.224 e. The zero-order valence-electron chi connectivity index (χ0n) is 15.3. The molecular formula is C20H25FN4O. The van der Waals surface area contributed by atoms with Crippen molar-refractivity contribution in [2.24, 2.45) is 5.92 Å². The minimum absolute atomic E-state index is 0.0328. The molecule has 2 N–H and O–H groups in total. The van der Waals surface area contributed by atoms with Crippen LogP contribution in [0.3, 0.4) is 0 Å². The predicted octanol–water partition coefficient (Wildman–Crippen LogP) is 3.49. The Kier molecular flexibility index (Phi) is 4.53. The van der Waals surface area contributed by atoms with E-state index in [9.17, 15) is 9.18 Å². The lowest BCUT2D eigenvalue weighted by atomic mass is 9.89. The molecule has 0 saturated carbocycles. The van der Waals surface area contributed by atoms with E-state index < -0.39 is 5.82 Å². The van der Waals surface area contributed by atoms with Crippen molar-refractivity contribution in [3.05, 3.63) is 41.5 Å². The van der Waals surface area contributed by atoms with Gasteiger partial charge in [0, 0.05) is 29.9 Å². The molecule has 1 aromatic carbocycles. The van der Waals surface area contributed by atoms with Gasteiger partial charge in [-0.25, -0.2) is 9.07 Å². The van der Waals surface area contributed by atoms with Crippen LogP contribution in [0.15, 0.2) is 24.3 Å². The average Bonchev–Trinajstić information content (AvgIpc) is 3.08. The second kappa shape index (κ2) is 6.83. The molecule has 2 saturated heterocycles. The number of nitrogens with zero attached hydrogens (tertiary/aromatic N) is 2. The number of aromatic nitrogens is 2. The molecule has 2 bridgehead atoms. The SMILES string of the molecule is Cc1cc(C)n(-c2ccc(NC(=O)CC3CC4CCC(C3)N4)cc2F)n1. The highest BCUT2D eigenvalue weighted by Crippen LogP contribution is 2.33. The second-order valence-electron chi connectivity index (χ2n) is 7.73. The van der Waals surface area contributed by atoms with E-state index in [0.29, 0.717) is 35.8 Å². The number of fused-ring (bicyclic) bond motifs is 2. The van der Waals surface area contributed by atoms with Crippen LogP contribution in [0.2, 0.25) is 0 Å². The molecule has 1 aromatic heterocycles. The number of carbonyl (C=O) groups excluding carboxylic acids is 1. The Bertz CT molecular complexity index is 819. The summed E-state index contributed by atoms with van der Waals surface area (Å²) < 4.78 is 16.1. The van der Waals surface area contributed by atoms with Crippen LogP contribution in [-0.2, 0) is 4.79 Å².